The van der Waals surface area contributed by atoms with Crippen LogP contribution in [0.25, 0.3) is 0 Å². The molecule has 1 aromatic heterocycles. The van der Waals surface area contributed by atoms with Crippen molar-refractivity contribution in [3.63, 3.8) is 0 Å². The molecule has 5 nitrogen and oxygen atoms in total. The van der Waals surface area contributed by atoms with E-state index in [1.54, 1.807) is 13.2 Å². The number of fused-ring (bicyclic) bond motifs is 2. The van der Waals surface area contributed by atoms with Crippen LogP contribution in [0.5, 0.6) is 0 Å². The number of rotatable bonds is 3. The molecule has 0 aromatic carbocycles. The van der Waals surface area contributed by atoms with Crippen LogP contribution in [-0.4, -0.2) is 48.5 Å². The van der Waals surface area contributed by atoms with Crippen LogP contribution < -0.4 is 4.90 Å². The number of morpholine rings is 1. The zero-order valence-electron chi connectivity index (χ0n) is 10.6. The topological polar surface area (TPSA) is 47.5 Å². The van der Waals surface area contributed by atoms with Crippen LogP contribution >= 0.6 is 23.2 Å². The molecule has 2 aliphatic heterocycles. The third-order valence-electron chi connectivity index (χ3n) is 3.81. The predicted molar refractivity (Wildman–Crippen MR) is 73.0 cm³/mol. The number of ether oxygens (including phenoxy) is 2. The number of nitrogens with zero attached hydrogens (tertiary/aromatic N) is 3. The smallest absolute Gasteiger partial charge is 0.225 e. The summed E-state index contributed by atoms with van der Waals surface area (Å²) < 4.78 is 11.1. The standard InChI is InChI=1S/C12H15Cl2N3O2/c1-18-6-12-3-2-8(5-19-7-12)17(12)10-4-9(13)15-11(14)16-10/h4,8H,2-3,5-7H2,1H3. The summed E-state index contributed by atoms with van der Waals surface area (Å²) in [5.41, 5.74) is -0.168. The fourth-order valence-corrected chi connectivity index (χ4v) is 3.54. The van der Waals surface area contributed by atoms with Crippen molar-refractivity contribution in [1.29, 1.82) is 0 Å². The second kappa shape index (κ2) is 5.05. The zero-order chi connectivity index (χ0) is 13.5. The van der Waals surface area contributed by atoms with Crippen LogP contribution in [-0.2, 0) is 9.47 Å². The highest BCUT2D eigenvalue weighted by molar-refractivity contribution is 6.32. The van der Waals surface area contributed by atoms with E-state index in [-0.39, 0.29) is 10.8 Å². The fraction of sp³-hybridized carbons (Fsp3) is 0.667. The van der Waals surface area contributed by atoms with Gasteiger partial charge in [0.05, 0.1) is 31.4 Å². The van der Waals surface area contributed by atoms with E-state index < -0.39 is 0 Å². The molecule has 2 bridgehead atoms. The van der Waals surface area contributed by atoms with Gasteiger partial charge in [0.1, 0.15) is 11.0 Å². The van der Waals surface area contributed by atoms with Gasteiger partial charge in [-0.2, -0.15) is 0 Å². The molecule has 2 unspecified atom stereocenters. The van der Waals surface area contributed by atoms with Gasteiger partial charge < -0.3 is 14.4 Å². The summed E-state index contributed by atoms with van der Waals surface area (Å²) >= 11 is 11.9. The predicted octanol–water partition coefficient (Wildman–Crippen LogP) is 2.17. The lowest BCUT2D eigenvalue weighted by atomic mass is 9.98. The summed E-state index contributed by atoms with van der Waals surface area (Å²) in [6.07, 6.45) is 2.08. The molecule has 2 aliphatic rings. The largest absolute Gasteiger partial charge is 0.382 e. The Morgan fingerprint density at radius 2 is 2.37 bits per heavy atom. The van der Waals surface area contributed by atoms with E-state index in [4.69, 9.17) is 32.7 Å². The molecule has 0 aliphatic carbocycles. The summed E-state index contributed by atoms with van der Waals surface area (Å²) in [5, 5.41) is 0.523. The molecule has 0 spiro atoms. The van der Waals surface area contributed by atoms with E-state index in [1.165, 1.54) is 0 Å². The molecule has 2 fully saturated rings. The molecule has 1 aromatic rings. The fourth-order valence-electron chi connectivity index (χ4n) is 3.14. The number of halogens is 2. The van der Waals surface area contributed by atoms with E-state index in [0.29, 0.717) is 31.0 Å². The first-order chi connectivity index (χ1) is 9.14. The Balaban J connectivity index is 2.01. The van der Waals surface area contributed by atoms with Gasteiger partial charge in [-0.25, -0.2) is 9.97 Å². The molecule has 0 N–H and O–H groups in total. The molecule has 7 heteroatoms. The SMILES string of the molecule is COCC12CCC(COC1)N2c1cc(Cl)nc(Cl)n1. The quantitative estimate of drug-likeness (QED) is 0.632. The number of hydrogen-bond acceptors (Lipinski definition) is 5. The monoisotopic (exact) mass is 303 g/mol. The van der Waals surface area contributed by atoms with Crippen molar-refractivity contribution in [1.82, 2.24) is 9.97 Å². The molecule has 2 atom stereocenters. The van der Waals surface area contributed by atoms with Gasteiger partial charge in [-0.1, -0.05) is 11.6 Å². The minimum Gasteiger partial charge on any atom is -0.382 e. The lowest BCUT2D eigenvalue weighted by Gasteiger charge is -2.44. The van der Waals surface area contributed by atoms with Crippen LogP contribution in [0.1, 0.15) is 12.8 Å². The maximum atomic E-state index is 5.98. The van der Waals surface area contributed by atoms with Crippen molar-refractivity contribution >= 4 is 29.0 Å². The van der Waals surface area contributed by atoms with Gasteiger partial charge in [0.2, 0.25) is 5.28 Å². The van der Waals surface area contributed by atoms with Gasteiger partial charge in [-0.15, -0.1) is 0 Å². The highest BCUT2D eigenvalue weighted by Gasteiger charge is 2.50. The Morgan fingerprint density at radius 3 is 3.11 bits per heavy atom. The van der Waals surface area contributed by atoms with E-state index in [9.17, 15) is 0 Å². The number of hydrogen-bond donors (Lipinski definition) is 0. The second-order valence-corrected chi connectivity index (χ2v) is 5.78. The highest BCUT2D eigenvalue weighted by Crippen LogP contribution is 2.41. The Morgan fingerprint density at radius 1 is 1.53 bits per heavy atom. The molecule has 0 saturated carbocycles. The number of anilines is 1. The van der Waals surface area contributed by atoms with Crippen molar-refractivity contribution in [3.05, 3.63) is 16.5 Å². The summed E-state index contributed by atoms with van der Waals surface area (Å²) in [4.78, 5) is 10.5. The lowest BCUT2D eigenvalue weighted by molar-refractivity contribution is 0.0151. The van der Waals surface area contributed by atoms with Gasteiger partial charge in [-0.05, 0) is 24.4 Å². The molecule has 3 rings (SSSR count). The van der Waals surface area contributed by atoms with Crippen molar-refractivity contribution in [3.8, 4) is 0 Å². The molecule has 19 heavy (non-hydrogen) atoms. The van der Waals surface area contributed by atoms with Crippen LogP contribution in [0.2, 0.25) is 10.4 Å². The minimum atomic E-state index is -0.168. The Labute approximate surface area is 121 Å². The molecular weight excluding hydrogens is 289 g/mol. The first kappa shape index (κ1) is 13.4. The minimum absolute atomic E-state index is 0.168. The normalized spacial score (nSPS) is 29.8. The average Bonchev–Trinajstić information content (AvgIpc) is 2.56. The third-order valence-corrected chi connectivity index (χ3v) is 4.18. The van der Waals surface area contributed by atoms with E-state index >= 15 is 0 Å². The average molecular weight is 304 g/mol. The third kappa shape index (κ3) is 2.29. The van der Waals surface area contributed by atoms with Crippen molar-refractivity contribution in [2.75, 3.05) is 31.8 Å². The van der Waals surface area contributed by atoms with Crippen LogP contribution in [0.15, 0.2) is 6.07 Å². The van der Waals surface area contributed by atoms with E-state index in [1.807, 2.05) is 0 Å². The molecule has 2 saturated heterocycles. The maximum Gasteiger partial charge on any atom is 0.225 e. The first-order valence-electron chi connectivity index (χ1n) is 6.21. The molecule has 0 amide bonds. The molecular formula is C12H15Cl2N3O2. The first-order valence-corrected chi connectivity index (χ1v) is 6.96. The summed E-state index contributed by atoms with van der Waals surface area (Å²) in [6, 6.07) is 2.05. The summed E-state index contributed by atoms with van der Waals surface area (Å²) in [5.74, 6) is 0.757. The Hall–Kier alpha value is -0.620. The van der Waals surface area contributed by atoms with E-state index in [2.05, 4.69) is 14.9 Å². The van der Waals surface area contributed by atoms with Crippen LogP contribution in [0.3, 0.4) is 0 Å². The van der Waals surface area contributed by atoms with Gasteiger partial charge in [0.15, 0.2) is 0 Å². The molecule has 3 heterocycles. The Kier molecular flexibility index (Phi) is 3.55. The van der Waals surface area contributed by atoms with Crippen LogP contribution in [0.4, 0.5) is 5.82 Å². The summed E-state index contributed by atoms with van der Waals surface area (Å²) in [6.45, 7) is 1.93. The summed E-state index contributed by atoms with van der Waals surface area (Å²) in [7, 11) is 1.70. The van der Waals surface area contributed by atoms with Crippen molar-refractivity contribution < 1.29 is 9.47 Å². The van der Waals surface area contributed by atoms with Gasteiger partial charge in [0.25, 0.3) is 0 Å². The van der Waals surface area contributed by atoms with E-state index in [0.717, 1.165) is 18.7 Å². The van der Waals surface area contributed by atoms with Crippen molar-refractivity contribution in [2.24, 2.45) is 0 Å². The lowest BCUT2D eigenvalue weighted by Crippen LogP contribution is -2.58. The highest BCUT2D eigenvalue weighted by atomic mass is 35.5. The van der Waals surface area contributed by atoms with Crippen molar-refractivity contribution in [2.45, 2.75) is 24.4 Å². The Bertz CT molecular complexity index is 458. The van der Waals surface area contributed by atoms with Crippen LogP contribution in [0, 0.1) is 0 Å². The van der Waals surface area contributed by atoms with Gasteiger partial charge >= 0.3 is 0 Å². The number of methoxy groups -OCH3 is 1. The van der Waals surface area contributed by atoms with Gasteiger partial charge in [-0.3, -0.25) is 0 Å². The molecule has 0 radical (unpaired) electrons. The second-order valence-electron chi connectivity index (χ2n) is 5.05. The maximum absolute atomic E-state index is 5.98. The zero-order valence-corrected chi connectivity index (χ0v) is 12.1. The number of aromatic nitrogens is 2. The van der Waals surface area contributed by atoms with Gasteiger partial charge in [0, 0.05) is 13.2 Å². The molecule has 104 valence electrons.